The molecular weight excluding hydrogens is 256 g/mol. The number of hydrogen-bond donors (Lipinski definition) is 0. The average molecular weight is 293 g/mol. The summed E-state index contributed by atoms with van der Waals surface area (Å²) in [7, 11) is 0. The van der Waals surface area contributed by atoms with Gasteiger partial charge in [0.05, 0.1) is 6.10 Å². The molecule has 0 amide bonds. The predicted molar refractivity (Wildman–Crippen MR) is 91.5 cm³/mol. The standard InChI is InChI=1S/C20H36O/c1-3-5-6-7-8-17-9-11-18(12-10-17)19-13-15-20(16-14-19)21-4-2/h5-6,17-20H,3-4,7-16H2,1-2H3/b6-5+/t17-,18-,19-,20-. The van der Waals surface area contributed by atoms with Crippen LogP contribution >= 0.6 is 0 Å². The van der Waals surface area contributed by atoms with Gasteiger partial charge in [0, 0.05) is 6.61 Å². The van der Waals surface area contributed by atoms with Crippen molar-refractivity contribution < 1.29 is 4.74 Å². The zero-order valence-corrected chi connectivity index (χ0v) is 14.4. The first-order chi connectivity index (χ1) is 10.3. The molecule has 0 radical (unpaired) electrons. The zero-order valence-electron chi connectivity index (χ0n) is 14.4. The van der Waals surface area contributed by atoms with Gasteiger partial charge in [0.25, 0.3) is 0 Å². The highest BCUT2D eigenvalue weighted by Crippen LogP contribution is 2.41. The van der Waals surface area contributed by atoms with E-state index in [2.05, 4.69) is 26.0 Å². The summed E-state index contributed by atoms with van der Waals surface area (Å²) < 4.78 is 5.79. The first-order valence-corrected chi connectivity index (χ1v) is 9.60. The molecule has 1 nitrogen and oxygen atoms in total. The smallest absolute Gasteiger partial charge is 0.0575 e. The van der Waals surface area contributed by atoms with E-state index in [9.17, 15) is 0 Å². The van der Waals surface area contributed by atoms with Crippen LogP contribution in [0.4, 0.5) is 0 Å². The van der Waals surface area contributed by atoms with E-state index in [1.54, 1.807) is 0 Å². The molecule has 0 spiro atoms. The molecule has 1 heteroatoms. The summed E-state index contributed by atoms with van der Waals surface area (Å²) in [4.78, 5) is 0. The van der Waals surface area contributed by atoms with Crippen LogP contribution in [-0.2, 0) is 4.74 Å². The Morgan fingerprint density at radius 3 is 2.00 bits per heavy atom. The molecule has 0 bridgehead atoms. The fourth-order valence-corrected chi connectivity index (χ4v) is 4.53. The zero-order chi connectivity index (χ0) is 14.9. The molecule has 0 aromatic rings. The molecule has 2 saturated carbocycles. The van der Waals surface area contributed by atoms with Crippen molar-refractivity contribution in [2.45, 2.75) is 90.6 Å². The summed E-state index contributed by atoms with van der Waals surface area (Å²) in [5, 5.41) is 0. The molecule has 2 rings (SSSR count). The fraction of sp³-hybridized carbons (Fsp3) is 0.900. The minimum absolute atomic E-state index is 0.577. The van der Waals surface area contributed by atoms with Gasteiger partial charge in [0.2, 0.25) is 0 Å². The Kier molecular flexibility index (Phi) is 7.85. The van der Waals surface area contributed by atoms with Crippen molar-refractivity contribution in [1.82, 2.24) is 0 Å². The van der Waals surface area contributed by atoms with E-state index in [1.807, 2.05) is 0 Å². The number of allylic oxidation sites excluding steroid dienone is 2. The van der Waals surface area contributed by atoms with Crippen LogP contribution in [0.15, 0.2) is 12.2 Å². The molecular formula is C20H36O. The molecule has 0 aliphatic heterocycles. The minimum Gasteiger partial charge on any atom is -0.379 e. The Hall–Kier alpha value is -0.300. The van der Waals surface area contributed by atoms with Crippen LogP contribution in [0.25, 0.3) is 0 Å². The van der Waals surface area contributed by atoms with Crippen LogP contribution in [0.2, 0.25) is 0 Å². The Morgan fingerprint density at radius 1 is 0.810 bits per heavy atom. The molecule has 2 fully saturated rings. The monoisotopic (exact) mass is 292 g/mol. The minimum atomic E-state index is 0.577. The Labute approximate surface area is 132 Å². The first kappa shape index (κ1) is 17.1. The highest BCUT2D eigenvalue weighted by atomic mass is 16.5. The maximum absolute atomic E-state index is 5.79. The summed E-state index contributed by atoms with van der Waals surface area (Å²) in [6.07, 6.45) is 20.7. The third kappa shape index (κ3) is 5.77. The molecule has 0 N–H and O–H groups in total. The summed E-state index contributed by atoms with van der Waals surface area (Å²) in [5.74, 6) is 3.07. The fourth-order valence-electron chi connectivity index (χ4n) is 4.53. The molecule has 122 valence electrons. The Bertz CT molecular complexity index is 280. The van der Waals surface area contributed by atoms with Crippen molar-refractivity contribution >= 4 is 0 Å². The molecule has 0 aromatic heterocycles. The quantitative estimate of drug-likeness (QED) is 0.512. The van der Waals surface area contributed by atoms with Crippen molar-refractivity contribution in [2.75, 3.05) is 6.61 Å². The van der Waals surface area contributed by atoms with Gasteiger partial charge >= 0.3 is 0 Å². The molecule has 0 heterocycles. The maximum atomic E-state index is 5.79. The van der Waals surface area contributed by atoms with Crippen molar-refractivity contribution in [2.24, 2.45) is 17.8 Å². The second kappa shape index (κ2) is 9.66. The second-order valence-electron chi connectivity index (χ2n) is 7.23. The third-order valence-electron chi connectivity index (χ3n) is 5.82. The van der Waals surface area contributed by atoms with E-state index >= 15 is 0 Å². The molecule has 2 aliphatic carbocycles. The lowest BCUT2D eigenvalue weighted by atomic mass is 9.70. The summed E-state index contributed by atoms with van der Waals surface area (Å²) in [5.41, 5.74) is 0. The van der Waals surface area contributed by atoms with Crippen molar-refractivity contribution in [3.05, 3.63) is 12.2 Å². The Balaban J connectivity index is 1.62. The van der Waals surface area contributed by atoms with Crippen molar-refractivity contribution in [3.63, 3.8) is 0 Å². The van der Waals surface area contributed by atoms with Crippen LogP contribution in [0, 0.1) is 17.8 Å². The lowest BCUT2D eigenvalue weighted by molar-refractivity contribution is 0.0135. The van der Waals surface area contributed by atoms with Gasteiger partial charge in [-0.15, -0.1) is 0 Å². The van der Waals surface area contributed by atoms with E-state index in [1.165, 1.54) is 70.6 Å². The van der Waals surface area contributed by atoms with Crippen LogP contribution in [0.1, 0.15) is 84.5 Å². The highest BCUT2D eigenvalue weighted by Gasteiger charge is 2.30. The van der Waals surface area contributed by atoms with E-state index in [0.717, 1.165) is 24.4 Å². The Morgan fingerprint density at radius 2 is 1.43 bits per heavy atom. The summed E-state index contributed by atoms with van der Waals surface area (Å²) >= 11 is 0. The van der Waals surface area contributed by atoms with Gasteiger partial charge in [0.1, 0.15) is 0 Å². The van der Waals surface area contributed by atoms with Gasteiger partial charge in [-0.05, 0) is 82.5 Å². The van der Waals surface area contributed by atoms with E-state index in [4.69, 9.17) is 4.74 Å². The topological polar surface area (TPSA) is 9.23 Å². The van der Waals surface area contributed by atoms with Gasteiger partial charge in [-0.1, -0.05) is 31.9 Å². The lowest BCUT2D eigenvalue weighted by Gasteiger charge is -2.37. The number of hydrogen-bond acceptors (Lipinski definition) is 1. The molecule has 0 saturated heterocycles. The van der Waals surface area contributed by atoms with Crippen molar-refractivity contribution in [3.8, 4) is 0 Å². The number of ether oxygens (including phenoxy) is 1. The average Bonchev–Trinajstić information content (AvgIpc) is 2.53. The SMILES string of the molecule is CC/C=C/CC[C@H]1CC[C@H]([C@H]2CC[C@H](OCC)CC2)CC1. The first-order valence-electron chi connectivity index (χ1n) is 9.60. The largest absolute Gasteiger partial charge is 0.379 e. The third-order valence-corrected chi connectivity index (χ3v) is 5.82. The molecule has 0 aromatic carbocycles. The van der Waals surface area contributed by atoms with E-state index in [-0.39, 0.29) is 0 Å². The molecule has 0 atom stereocenters. The van der Waals surface area contributed by atoms with Gasteiger partial charge in [-0.25, -0.2) is 0 Å². The number of rotatable bonds is 7. The van der Waals surface area contributed by atoms with Crippen LogP contribution in [0.5, 0.6) is 0 Å². The molecule has 21 heavy (non-hydrogen) atoms. The van der Waals surface area contributed by atoms with Crippen LogP contribution < -0.4 is 0 Å². The van der Waals surface area contributed by atoms with Crippen LogP contribution in [0.3, 0.4) is 0 Å². The summed E-state index contributed by atoms with van der Waals surface area (Å²) in [6, 6.07) is 0. The van der Waals surface area contributed by atoms with Crippen LogP contribution in [-0.4, -0.2) is 12.7 Å². The second-order valence-corrected chi connectivity index (χ2v) is 7.23. The molecule has 0 unspecified atom stereocenters. The lowest BCUT2D eigenvalue weighted by Crippen LogP contribution is -2.28. The normalized spacial score (nSPS) is 34.4. The van der Waals surface area contributed by atoms with Gasteiger partial charge in [-0.2, -0.15) is 0 Å². The summed E-state index contributed by atoms with van der Waals surface area (Å²) in [6.45, 7) is 5.25. The van der Waals surface area contributed by atoms with Gasteiger partial charge in [0.15, 0.2) is 0 Å². The maximum Gasteiger partial charge on any atom is 0.0575 e. The van der Waals surface area contributed by atoms with Gasteiger partial charge in [-0.3, -0.25) is 0 Å². The predicted octanol–water partition coefficient (Wildman–Crippen LogP) is 6.13. The van der Waals surface area contributed by atoms with E-state index in [0.29, 0.717) is 6.10 Å². The van der Waals surface area contributed by atoms with Gasteiger partial charge < -0.3 is 4.74 Å². The highest BCUT2D eigenvalue weighted by molar-refractivity contribution is 4.85. The molecule has 2 aliphatic rings. The van der Waals surface area contributed by atoms with E-state index < -0.39 is 0 Å². The van der Waals surface area contributed by atoms with Crippen molar-refractivity contribution in [1.29, 1.82) is 0 Å².